The van der Waals surface area contributed by atoms with Crippen molar-refractivity contribution in [1.29, 1.82) is 0 Å². The van der Waals surface area contributed by atoms with E-state index in [1.165, 1.54) is 6.33 Å². The molecule has 1 aliphatic rings. The molecule has 2 aromatic heterocycles. The average molecular weight is 281 g/mol. The fourth-order valence-corrected chi connectivity index (χ4v) is 4.02. The van der Waals surface area contributed by atoms with Crippen molar-refractivity contribution in [2.45, 2.75) is 25.8 Å². The molecule has 1 N–H and O–H groups in total. The molecule has 0 aromatic carbocycles. The number of sulfone groups is 1. The Morgan fingerprint density at radius 3 is 3.11 bits per heavy atom. The first-order valence-electron chi connectivity index (χ1n) is 6.18. The maximum atomic E-state index is 11.6. The lowest BCUT2D eigenvalue weighted by Crippen LogP contribution is -2.35. The minimum atomic E-state index is -2.93. The summed E-state index contributed by atoms with van der Waals surface area (Å²) in [5.41, 5.74) is 0.821. The Morgan fingerprint density at radius 2 is 2.32 bits per heavy atom. The molecule has 0 spiro atoms. The van der Waals surface area contributed by atoms with Crippen molar-refractivity contribution >= 4 is 21.4 Å². The van der Waals surface area contributed by atoms with Crippen LogP contribution in [0.25, 0.3) is 5.78 Å². The summed E-state index contributed by atoms with van der Waals surface area (Å²) in [5.74, 6) is 1.72. The smallest absolute Gasteiger partial charge is 0.254 e. The van der Waals surface area contributed by atoms with Gasteiger partial charge in [-0.15, -0.1) is 0 Å². The fraction of sp³-hybridized carbons (Fsp3) is 0.545. The second-order valence-corrected chi connectivity index (χ2v) is 7.08. The summed E-state index contributed by atoms with van der Waals surface area (Å²) in [6.45, 7) is 1.87. The normalized spacial score (nSPS) is 22.5. The molecular formula is C11H15N5O2S. The van der Waals surface area contributed by atoms with Gasteiger partial charge in [0.1, 0.15) is 12.1 Å². The summed E-state index contributed by atoms with van der Waals surface area (Å²) in [7, 11) is -2.93. The summed E-state index contributed by atoms with van der Waals surface area (Å²) in [6, 6.07) is 1.77. The van der Waals surface area contributed by atoms with Crippen molar-refractivity contribution < 1.29 is 8.42 Å². The van der Waals surface area contributed by atoms with E-state index >= 15 is 0 Å². The van der Waals surface area contributed by atoms with E-state index in [0.717, 1.165) is 17.9 Å². The molecule has 1 aliphatic heterocycles. The van der Waals surface area contributed by atoms with E-state index in [2.05, 4.69) is 20.4 Å². The monoisotopic (exact) mass is 281 g/mol. The number of nitrogens with zero attached hydrogens (tertiary/aromatic N) is 4. The zero-order valence-electron chi connectivity index (χ0n) is 10.6. The van der Waals surface area contributed by atoms with E-state index in [0.29, 0.717) is 18.0 Å². The maximum Gasteiger partial charge on any atom is 0.254 e. The van der Waals surface area contributed by atoms with Crippen molar-refractivity contribution in [3.8, 4) is 0 Å². The number of fused-ring (bicyclic) bond motifs is 1. The van der Waals surface area contributed by atoms with Crippen molar-refractivity contribution in [1.82, 2.24) is 19.6 Å². The van der Waals surface area contributed by atoms with E-state index in [4.69, 9.17) is 0 Å². The summed E-state index contributed by atoms with van der Waals surface area (Å²) >= 11 is 0. The minimum absolute atomic E-state index is 0.0760. The third kappa shape index (κ3) is 2.53. The van der Waals surface area contributed by atoms with Gasteiger partial charge in [-0.3, -0.25) is 0 Å². The average Bonchev–Trinajstić information content (AvgIpc) is 2.75. The fourth-order valence-electron chi connectivity index (χ4n) is 2.38. The molecule has 2 aromatic rings. The van der Waals surface area contributed by atoms with Crippen LogP contribution in [0.5, 0.6) is 0 Å². The quantitative estimate of drug-likeness (QED) is 0.858. The first-order valence-corrected chi connectivity index (χ1v) is 8.00. The molecule has 1 atom stereocenters. The van der Waals surface area contributed by atoms with Crippen LogP contribution in [0.2, 0.25) is 0 Å². The summed E-state index contributed by atoms with van der Waals surface area (Å²) in [5, 5.41) is 7.34. The number of aryl methyl sites for hydroxylation is 1. The summed E-state index contributed by atoms with van der Waals surface area (Å²) in [4.78, 5) is 8.29. The molecular weight excluding hydrogens is 266 g/mol. The number of nitrogens with one attached hydrogen (secondary N) is 1. The SMILES string of the molecule is Cc1cc(NC2CCCS(=O)(=O)C2)n2ncnc2n1. The number of rotatable bonds is 2. The highest BCUT2D eigenvalue weighted by Crippen LogP contribution is 2.18. The van der Waals surface area contributed by atoms with E-state index in [1.807, 2.05) is 13.0 Å². The molecule has 7 nitrogen and oxygen atoms in total. The second kappa shape index (κ2) is 4.44. The van der Waals surface area contributed by atoms with Gasteiger partial charge in [0, 0.05) is 17.8 Å². The minimum Gasteiger partial charge on any atom is -0.366 e. The Labute approximate surface area is 111 Å². The predicted molar refractivity (Wildman–Crippen MR) is 70.8 cm³/mol. The molecule has 1 unspecified atom stereocenters. The Morgan fingerprint density at radius 1 is 1.47 bits per heavy atom. The highest BCUT2D eigenvalue weighted by atomic mass is 32.2. The van der Waals surface area contributed by atoms with Gasteiger partial charge in [0.15, 0.2) is 9.84 Å². The van der Waals surface area contributed by atoms with Crippen LogP contribution in [-0.2, 0) is 9.84 Å². The molecule has 0 radical (unpaired) electrons. The van der Waals surface area contributed by atoms with Crippen molar-refractivity contribution in [2.24, 2.45) is 0 Å². The molecule has 0 amide bonds. The van der Waals surface area contributed by atoms with Crippen LogP contribution in [0.15, 0.2) is 12.4 Å². The molecule has 19 heavy (non-hydrogen) atoms. The zero-order chi connectivity index (χ0) is 13.5. The molecule has 8 heteroatoms. The molecule has 1 saturated heterocycles. The second-order valence-electron chi connectivity index (χ2n) is 4.85. The third-order valence-electron chi connectivity index (χ3n) is 3.19. The van der Waals surface area contributed by atoms with Crippen LogP contribution < -0.4 is 5.32 Å². The Hall–Kier alpha value is -1.70. The van der Waals surface area contributed by atoms with Crippen LogP contribution in [0.4, 0.5) is 5.82 Å². The molecule has 102 valence electrons. The number of anilines is 1. The molecule has 0 saturated carbocycles. The lowest BCUT2D eigenvalue weighted by molar-refractivity contribution is 0.561. The van der Waals surface area contributed by atoms with Crippen LogP contribution in [0.3, 0.4) is 0 Å². The van der Waals surface area contributed by atoms with Gasteiger partial charge in [-0.2, -0.15) is 14.6 Å². The number of hydrogen-bond acceptors (Lipinski definition) is 6. The number of hydrogen-bond donors (Lipinski definition) is 1. The molecule has 1 fully saturated rings. The van der Waals surface area contributed by atoms with E-state index in [9.17, 15) is 8.42 Å². The summed E-state index contributed by atoms with van der Waals surface area (Å²) < 4.78 is 24.9. The largest absolute Gasteiger partial charge is 0.366 e. The van der Waals surface area contributed by atoms with Gasteiger partial charge in [0.05, 0.1) is 11.5 Å². The zero-order valence-corrected chi connectivity index (χ0v) is 11.4. The van der Waals surface area contributed by atoms with E-state index in [1.54, 1.807) is 4.52 Å². The third-order valence-corrected chi connectivity index (χ3v) is 5.02. The van der Waals surface area contributed by atoms with Gasteiger partial charge in [-0.25, -0.2) is 13.4 Å². The molecule has 3 rings (SSSR count). The van der Waals surface area contributed by atoms with Crippen LogP contribution in [0.1, 0.15) is 18.5 Å². The van der Waals surface area contributed by atoms with Crippen molar-refractivity contribution in [2.75, 3.05) is 16.8 Å². The van der Waals surface area contributed by atoms with Gasteiger partial charge in [0.25, 0.3) is 5.78 Å². The van der Waals surface area contributed by atoms with Gasteiger partial charge < -0.3 is 5.32 Å². The Balaban J connectivity index is 1.91. The predicted octanol–water partition coefficient (Wildman–Crippen LogP) is 0.422. The van der Waals surface area contributed by atoms with Gasteiger partial charge >= 0.3 is 0 Å². The van der Waals surface area contributed by atoms with Gasteiger partial charge in [0.2, 0.25) is 0 Å². The molecule has 3 heterocycles. The van der Waals surface area contributed by atoms with E-state index in [-0.39, 0.29) is 11.8 Å². The number of aromatic nitrogens is 4. The first-order chi connectivity index (χ1) is 9.03. The molecule has 0 aliphatic carbocycles. The van der Waals surface area contributed by atoms with Crippen molar-refractivity contribution in [3.63, 3.8) is 0 Å². The van der Waals surface area contributed by atoms with Crippen LogP contribution >= 0.6 is 0 Å². The first kappa shape index (κ1) is 12.3. The molecule has 0 bridgehead atoms. The lowest BCUT2D eigenvalue weighted by Gasteiger charge is -2.24. The Kier molecular flexibility index (Phi) is 2.89. The Bertz CT molecular complexity index is 709. The van der Waals surface area contributed by atoms with Crippen LogP contribution in [-0.4, -0.2) is 45.5 Å². The highest BCUT2D eigenvalue weighted by molar-refractivity contribution is 7.91. The standard InChI is InChI=1S/C11H15N5O2S/c1-8-5-10(16-11(14-8)12-7-13-16)15-9-3-2-4-19(17,18)6-9/h5,7,9,15H,2-4,6H2,1H3. The van der Waals surface area contributed by atoms with Crippen molar-refractivity contribution in [3.05, 3.63) is 18.1 Å². The van der Waals surface area contributed by atoms with Gasteiger partial charge in [-0.1, -0.05) is 0 Å². The maximum absolute atomic E-state index is 11.6. The van der Waals surface area contributed by atoms with E-state index < -0.39 is 9.84 Å². The van der Waals surface area contributed by atoms with Crippen LogP contribution in [0, 0.1) is 6.92 Å². The lowest BCUT2D eigenvalue weighted by atomic mass is 10.2. The topological polar surface area (TPSA) is 89.2 Å². The van der Waals surface area contributed by atoms with Gasteiger partial charge in [-0.05, 0) is 19.8 Å². The summed E-state index contributed by atoms with van der Waals surface area (Å²) in [6.07, 6.45) is 2.98. The highest BCUT2D eigenvalue weighted by Gasteiger charge is 2.25.